The Morgan fingerprint density at radius 2 is 1.81 bits per heavy atom. The number of carbonyl (C=O) groups is 2. The molecule has 1 amide bonds. The van der Waals surface area contributed by atoms with Crippen molar-refractivity contribution in [2.24, 2.45) is 0 Å². The lowest BCUT2D eigenvalue weighted by atomic mass is 9.79. The molecule has 2 heterocycles. The number of hydrogen-bond donors (Lipinski definition) is 1. The lowest BCUT2D eigenvalue weighted by molar-refractivity contribution is -0.119. The Hall–Kier alpha value is -3.60. The van der Waals surface area contributed by atoms with E-state index in [-0.39, 0.29) is 17.6 Å². The number of furan rings is 1. The molecule has 5 rings (SSSR count). The van der Waals surface area contributed by atoms with E-state index >= 15 is 0 Å². The molecule has 3 aromatic rings. The van der Waals surface area contributed by atoms with Crippen LogP contribution in [0.5, 0.6) is 0 Å². The molecule has 2 aromatic carbocycles. The Morgan fingerprint density at radius 3 is 2.55 bits per heavy atom. The summed E-state index contributed by atoms with van der Waals surface area (Å²) in [5.74, 6) is 0.685. The standard InChI is InChI=1S/C26H24N2O3/c1-2-24(30)28-21-12-7-6-11-19(21)27-20-15-18(17-9-4-3-5-10-17)16-22(29)25(20)26(28)23-13-8-14-31-23/h3-14,18,26-27H,2,15-16H2,1H3/t18-,26+/m1/s1. The summed E-state index contributed by atoms with van der Waals surface area (Å²) in [7, 11) is 0. The molecule has 0 saturated carbocycles. The highest BCUT2D eigenvalue weighted by Gasteiger charge is 2.42. The van der Waals surface area contributed by atoms with Crippen molar-refractivity contribution in [2.75, 3.05) is 10.2 Å². The van der Waals surface area contributed by atoms with Gasteiger partial charge in [0.2, 0.25) is 5.91 Å². The number of nitrogens with one attached hydrogen (secondary N) is 1. The summed E-state index contributed by atoms with van der Waals surface area (Å²) < 4.78 is 5.77. The maximum absolute atomic E-state index is 13.6. The summed E-state index contributed by atoms with van der Waals surface area (Å²) in [6, 6.07) is 20.9. The number of rotatable bonds is 3. The summed E-state index contributed by atoms with van der Waals surface area (Å²) >= 11 is 0. The van der Waals surface area contributed by atoms with E-state index in [1.54, 1.807) is 17.2 Å². The van der Waals surface area contributed by atoms with Crippen molar-refractivity contribution in [3.05, 3.63) is 95.6 Å². The molecule has 1 N–H and O–H groups in total. The number of benzene rings is 2. The van der Waals surface area contributed by atoms with Crippen LogP contribution in [0.2, 0.25) is 0 Å². The second-order valence-electron chi connectivity index (χ2n) is 8.01. The molecular weight excluding hydrogens is 388 g/mol. The number of Topliss-reactive ketones (excluding diaryl/α,β-unsaturated/α-hetero) is 1. The van der Waals surface area contributed by atoms with E-state index in [2.05, 4.69) is 17.4 Å². The van der Waals surface area contributed by atoms with E-state index in [4.69, 9.17) is 4.42 Å². The molecule has 2 aliphatic rings. The molecule has 1 aliphatic heterocycles. The minimum atomic E-state index is -0.585. The molecule has 0 unspecified atom stereocenters. The predicted molar refractivity (Wildman–Crippen MR) is 120 cm³/mol. The van der Waals surface area contributed by atoms with Crippen molar-refractivity contribution >= 4 is 23.1 Å². The van der Waals surface area contributed by atoms with Crippen LogP contribution in [0, 0.1) is 0 Å². The lowest BCUT2D eigenvalue weighted by Crippen LogP contribution is -2.38. The molecule has 2 atom stereocenters. The van der Waals surface area contributed by atoms with Gasteiger partial charge in [-0.15, -0.1) is 0 Å². The lowest BCUT2D eigenvalue weighted by Gasteiger charge is -2.33. The third-order valence-electron chi connectivity index (χ3n) is 6.14. The molecule has 0 bridgehead atoms. The van der Waals surface area contributed by atoms with Gasteiger partial charge in [-0.05, 0) is 42.2 Å². The van der Waals surface area contributed by atoms with Crippen molar-refractivity contribution in [2.45, 2.75) is 38.1 Å². The molecule has 1 aliphatic carbocycles. The smallest absolute Gasteiger partial charge is 0.227 e. The van der Waals surface area contributed by atoms with Crippen molar-refractivity contribution < 1.29 is 14.0 Å². The molecule has 0 spiro atoms. The zero-order chi connectivity index (χ0) is 21.4. The SMILES string of the molecule is CCC(=O)N1c2ccccc2NC2=C(C(=O)C[C@H](c3ccccc3)C2)[C@@H]1c1ccco1. The van der Waals surface area contributed by atoms with Crippen LogP contribution in [0.15, 0.2) is 88.7 Å². The Balaban J connectivity index is 1.70. The largest absolute Gasteiger partial charge is 0.467 e. The Kier molecular flexibility index (Phi) is 4.94. The minimum absolute atomic E-state index is 0.0470. The highest BCUT2D eigenvalue weighted by atomic mass is 16.3. The molecule has 156 valence electrons. The van der Waals surface area contributed by atoms with Gasteiger partial charge in [-0.1, -0.05) is 49.4 Å². The Morgan fingerprint density at radius 1 is 1.03 bits per heavy atom. The quantitative estimate of drug-likeness (QED) is 0.609. The second kappa shape index (κ2) is 7.91. The van der Waals surface area contributed by atoms with Crippen LogP contribution in [-0.4, -0.2) is 11.7 Å². The molecule has 1 aromatic heterocycles. The zero-order valence-electron chi connectivity index (χ0n) is 17.4. The number of hydrogen-bond acceptors (Lipinski definition) is 4. The summed E-state index contributed by atoms with van der Waals surface area (Å²) in [6.45, 7) is 1.84. The molecule has 5 heteroatoms. The Bertz CT molecular complexity index is 1150. The number of carbonyl (C=O) groups excluding carboxylic acids is 2. The topological polar surface area (TPSA) is 62.6 Å². The fourth-order valence-corrected chi connectivity index (χ4v) is 4.71. The van der Waals surface area contributed by atoms with Crippen LogP contribution in [0.4, 0.5) is 11.4 Å². The van der Waals surface area contributed by atoms with Crippen LogP contribution in [0.3, 0.4) is 0 Å². The van der Waals surface area contributed by atoms with Gasteiger partial charge in [-0.25, -0.2) is 0 Å². The maximum Gasteiger partial charge on any atom is 0.227 e. The Labute approximate surface area is 181 Å². The van der Waals surface area contributed by atoms with Crippen molar-refractivity contribution in [3.63, 3.8) is 0 Å². The number of allylic oxidation sites excluding steroid dienone is 1. The molecule has 5 nitrogen and oxygen atoms in total. The molecular formula is C26H24N2O3. The highest BCUT2D eigenvalue weighted by Crippen LogP contribution is 2.47. The fourth-order valence-electron chi connectivity index (χ4n) is 4.71. The van der Waals surface area contributed by atoms with Crippen LogP contribution in [0.1, 0.15) is 49.5 Å². The predicted octanol–water partition coefficient (Wildman–Crippen LogP) is 5.59. The first-order valence-electron chi connectivity index (χ1n) is 10.7. The first-order valence-corrected chi connectivity index (χ1v) is 10.7. The van der Waals surface area contributed by atoms with Gasteiger partial charge in [0.25, 0.3) is 0 Å². The molecule has 0 fully saturated rings. The van der Waals surface area contributed by atoms with E-state index in [0.29, 0.717) is 30.6 Å². The van der Waals surface area contributed by atoms with Gasteiger partial charge >= 0.3 is 0 Å². The fraction of sp³-hybridized carbons (Fsp3) is 0.231. The summed E-state index contributed by atoms with van der Waals surface area (Å²) in [6.07, 6.45) is 3.03. The summed E-state index contributed by atoms with van der Waals surface area (Å²) in [5.41, 5.74) is 4.23. The van der Waals surface area contributed by atoms with Crippen molar-refractivity contribution in [1.29, 1.82) is 0 Å². The summed E-state index contributed by atoms with van der Waals surface area (Å²) in [4.78, 5) is 28.5. The van der Waals surface area contributed by atoms with E-state index in [9.17, 15) is 9.59 Å². The number of fused-ring (bicyclic) bond motifs is 1. The number of para-hydroxylation sites is 2. The monoisotopic (exact) mass is 412 g/mol. The third kappa shape index (κ3) is 3.36. The van der Waals surface area contributed by atoms with Gasteiger partial charge in [0.05, 0.1) is 17.6 Å². The number of amides is 1. The van der Waals surface area contributed by atoms with Gasteiger partial charge in [0, 0.05) is 24.1 Å². The minimum Gasteiger partial charge on any atom is -0.467 e. The molecule has 0 saturated heterocycles. The first kappa shape index (κ1) is 19.4. The molecule has 31 heavy (non-hydrogen) atoms. The molecule has 0 radical (unpaired) electrons. The van der Waals surface area contributed by atoms with Crippen LogP contribution in [-0.2, 0) is 9.59 Å². The van der Waals surface area contributed by atoms with Crippen molar-refractivity contribution in [3.8, 4) is 0 Å². The average Bonchev–Trinajstić information content (AvgIpc) is 3.28. The van der Waals surface area contributed by atoms with Crippen molar-refractivity contribution in [1.82, 2.24) is 0 Å². The second-order valence-corrected chi connectivity index (χ2v) is 8.01. The third-order valence-corrected chi connectivity index (χ3v) is 6.14. The van der Waals surface area contributed by atoms with Crippen LogP contribution in [0.25, 0.3) is 0 Å². The normalized spacial score (nSPS) is 20.5. The van der Waals surface area contributed by atoms with Crippen LogP contribution >= 0.6 is 0 Å². The number of ketones is 1. The van der Waals surface area contributed by atoms with Gasteiger partial charge in [0.1, 0.15) is 11.8 Å². The van der Waals surface area contributed by atoms with E-state index in [0.717, 1.165) is 22.6 Å². The van der Waals surface area contributed by atoms with E-state index < -0.39 is 6.04 Å². The van der Waals surface area contributed by atoms with Gasteiger partial charge < -0.3 is 9.73 Å². The average molecular weight is 412 g/mol. The number of anilines is 2. The highest BCUT2D eigenvalue weighted by molar-refractivity contribution is 6.06. The van der Waals surface area contributed by atoms with Gasteiger partial charge in [-0.2, -0.15) is 0 Å². The van der Waals surface area contributed by atoms with Crippen LogP contribution < -0.4 is 10.2 Å². The number of nitrogens with zero attached hydrogens (tertiary/aromatic N) is 1. The first-order chi connectivity index (χ1) is 15.2. The van der Waals surface area contributed by atoms with Gasteiger partial charge in [-0.3, -0.25) is 14.5 Å². The van der Waals surface area contributed by atoms with Gasteiger partial charge in [0.15, 0.2) is 5.78 Å². The van der Waals surface area contributed by atoms with E-state index in [1.807, 2.05) is 55.5 Å². The summed E-state index contributed by atoms with van der Waals surface area (Å²) in [5, 5.41) is 3.52. The van der Waals surface area contributed by atoms with E-state index in [1.165, 1.54) is 0 Å². The maximum atomic E-state index is 13.6. The zero-order valence-corrected chi connectivity index (χ0v) is 17.4.